The van der Waals surface area contributed by atoms with Crippen LogP contribution in [0.3, 0.4) is 0 Å². The molecule has 0 bridgehead atoms. The summed E-state index contributed by atoms with van der Waals surface area (Å²) in [5, 5.41) is 2.42. The first-order chi connectivity index (χ1) is 9.77. The van der Waals surface area contributed by atoms with Crippen LogP contribution >= 0.6 is 0 Å². The number of aryl methyl sites for hydroxylation is 1. The van der Waals surface area contributed by atoms with E-state index in [-0.39, 0.29) is 17.1 Å². The van der Waals surface area contributed by atoms with Gasteiger partial charge in [0, 0.05) is 11.9 Å². The van der Waals surface area contributed by atoms with Crippen LogP contribution < -0.4 is 11.1 Å². The molecule has 1 aromatic heterocycles. The van der Waals surface area contributed by atoms with Crippen LogP contribution in [0.5, 0.6) is 0 Å². The molecule has 3 N–H and O–H groups in total. The molecule has 1 aromatic carbocycles. The number of halogens is 3. The van der Waals surface area contributed by atoms with Crippen LogP contribution in [0.1, 0.15) is 21.5 Å². The van der Waals surface area contributed by atoms with Gasteiger partial charge in [0.2, 0.25) is 0 Å². The summed E-state index contributed by atoms with van der Waals surface area (Å²) >= 11 is 0. The lowest BCUT2D eigenvalue weighted by atomic mass is 10.1. The molecule has 2 aromatic rings. The van der Waals surface area contributed by atoms with E-state index in [0.717, 1.165) is 23.8 Å². The Morgan fingerprint density at radius 3 is 2.57 bits per heavy atom. The molecule has 0 aliphatic heterocycles. The number of nitrogens with two attached hydrogens (primary N) is 1. The first-order valence-corrected chi connectivity index (χ1v) is 5.98. The number of benzene rings is 1. The molecule has 21 heavy (non-hydrogen) atoms. The third-order valence-electron chi connectivity index (χ3n) is 2.78. The van der Waals surface area contributed by atoms with Gasteiger partial charge in [-0.05, 0) is 42.8 Å². The van der Waals surface area contributed by atoms with Crippen LogP contribution in [-0.4, -0.2) is 10.9 Å². The van der Waals surface area contributed by atoms with Crippen molar-refractivity contribution in [1.29, 1.82) is 0 Å². The predicted molar refractivity (Wildman–Crippen MR) is 72.8 cm³/mol. The van der Waals surface area contributed by atoms with Gasteiger partial charge < -0.3 is 11.1 Å². The maximum atomic E-state index is 12.7. The maximum absolute atomic E-state index is 12.7. The minimum absolute atomic E-state index is 0.0341. The topological polar surface area (TPSA) is 68.0 Å². The SMILES string of the molecule is Cc1ccnc(NC(=O)c2cc(C(F)(F)F)ccc2N)c1. The molecule has 2 rings (SSSR count). The Bertz CT molecular complexity index is 683. The molecule has 0 atom stereocenters. The van der Waals surface area contributed by atoms with Gasteiger partial charge in [0.1, 0.15) is 5.82 Å². The van der Waals surface area contributed by atoms with E-state index >= 15 is 0 Å². The first-order valence-electron chi connectivity index (χ1n) is 5.98. The van der Waals surface area contributed by atoms with E-state index in [2.05, 4.69) is 10.3 Å². The molecular weight excluding hydrogens is 283 g/mol. The monoisotopic (exact) mass is 295 g/mol. The molecular formula is C14H12F3N3O. The van der Waals surface area contributed by atoms with E-state index in [1.807, 2.05) is 0 Å². The van der Waals surface area contributed by atoms with E-state index in [1.165, 1.54) is 6.20 Å². The Balaban J connectivity index is 2.31. The summed E-state index contributed by atoms with van der Waals surface area (Å²) in [6.07, 6.45) is -3.05. The van der Waals surface area contributed by atoms with Gasteiger partial charge in [0.15, 0.2) is 0 Å². The van der Waals surface area contributed by atoms with Crippen molar-refractivity contribution in [2.45, 2.75) is 13.1 Å². The minimum atomic E-state index is -4.54. The van der Waals surface area contributed by atoms with Crippen molar-refractivity contribution in [2.24, 2.45) is 0 Å². The smallest absolute Gasteiger partial charge is 0.398 e. The lowest BCUT2D eigenvalue weighted by Crippen LogP contribution is -2.16. The van der Waals surface area contributed by atoms with Crippen molar-refractivity contribution >= 4 is 17.4 Å². The van der Waals surface area contributed by atoms with Crippen LogP contribution in [0, 0.1) is 6.92 Å². The second-order valence-electron chi connectivity index (χ2n) is 4.47. The van der Waals surface area contributed by atoms with Crippen LogP contribution in [0.15, 0.2) is 36.5 Å². The number of nitrogens with one attached hydrogen (secondary N) is 1. The Labute approximate surface area is 118 Å². The number of alkyl halides is 3. The Kier molecular flexibility index (Phi) is 3.84. The number of nitrogen functional groups attached to an aromatic ring is 1. The number of pyridine rings is 1. The summed E-state index contributed by atoms with van der Waals surface area (Å²) in [7, 11) is 0. The van der Waals surface area contributed by atoms with Crippen molar-refractivity contribution in [1.82, 2.24) is 4.98 Å². The number of amides is 1. The maximum Gasteiger partial charge on any atom is 0.416 e. The summed E-state index contributed by atoms with van der Waals surface area (Å²) in [4.78, 5) is 15.9. The number of aromatic nitrogens is 1. The van der Waals surface area contributed by atoms with Gasteiger partial charge in [-0.3, -0.25) is 4.79 Å². The van der Waals surface area contributed by atoms with Crippen molar-refractivity contribution in [3.05, 3.63) is 53.2 Å². The fourth-order valence-corrected chi connectivity index (χ4v) is 1.72. The number of hydrogen-bond acceptors (Lipinski definition) is 3. The zero-order valence-corrected chi connectivity index (χ0v) is 11.0. The van der Waals surface area contributed by atoms with E-state index < -0.39 is 17.6 Å². The Morgan fingerprint density at radius 1 is 1.24 bits per heavy atom. The predicted octanol–water partition coefficient (Wildman–Crippen LogP) is 3.24. The molecule has 1 heterocycles. The second kappa shape index (κ2) is 5.43. The molecule has 110 valence electrons. The Morgan fingerprint density at radius 2 is 1.95 bits per heavy atom. The molecule has 0 spiro atoms. The number of rotatable bonds is 2. The molecule has 0 saturated heterocycles. The lowest BCUT2D eigenvalue weighted by molar-refractivity contribution is -0.137. The molecule has 1 amide bonds. The van der Waals surface area contributed by atoms with Gasteiger partial charge in [-0.25, -0.2) is 4.98 Å². The quantitative estimate of drug-likeness (QED) is 0.836. The average molecular weight is 295 g/mol. The third kappa shape index (κ3) is 3.50. The standard InChI is InChI=1S/C14H12F3N3O/c1-8-4-5-19-12(6-8)20-13(21)10-7-9(14(15,16)17)2-3-11(10)18/h2-7H,18H2,1H3,(H,19,20,21). The highest BCUT2D eigenvalue weighted by atomic mass is 19.4. The molecule has 0 unspecified atom stereocenters. The molecule has 0 aliphatic carbocycles. The highest BCUT2D eigenvalue weighted by molar-refractivity contribution is 6.07. The number of anilines is 2. The van der Waals surface area contributed by atoms with E-state index in [0.29, 0.717) is 0 Å². The van der Waals surface area contributed by atoms with Gasteiger partial charge in [-0.2, -0.15) is 13.2 Å². The van der Waals surface area contributed by atoms with Crippen LogP contribution in [-0.2, 0) is 6.18 Å². The zero-order chi connectivity index (χ0) is 15.6. The fourth-order valence-electron chi connectivity index (χ4n) is 1.72. The number of carbonyl (C=O) groups is 1. The molecule has 0 aliphatic rings. The molecule has 0 fully saturated rings. The van der Waals surface area contributed by atoms with Gasteiger partial charge in [-0.1, -0.05) is 0 Å². The van der Waals surface area contributed by atoms with Gasteiger partial charge in [0.05, 0.1) is 11.1 Å². The first kappa shape index (κ1) is 14.8. The van der Waals surface area contributed by atoms with Crippen LogP contribution in [0.4, 0.5) is 24.7 Å². The number of hydrogen-bond donors (Lipinski definition) is 2. The average Bonchev–Trinajstić information content (AvgIpc) is 2.37. The van der Waals surface area contributed by atoms with Gasteiger partial charge in [0.25, 0.3) is 5.91 Å². The highest BCUT2D eigenvalue weighted by Gasteiger charge is 2.31. The summed E-state index contributed by atoms with van der Waals surface area (Å²) in [6, 6.07) is 5.94. The second-order valence-corrected chi connectivity index (χ2v) is 4.47. The fraction of sp³-hybridized carbons (Fsp3) is 0.143. The highest BCUT2D eigenvalue weighted by Crippen LogP contribution is 2.31. The van der Waals surface area contributed by atoms with Crippen molar-refractivity contribution in [3.8, 4) is 0 Å². The Hall–Kier alpha value is -2.57. The lowest BCUT2D eigenvalue weighted by Gasteiger charge is -2.11. The summed E-state index contributed by atoms with van der Waals surface area (Å²) in [6.45, 7) is 1.80. The molecule has 7 heteroatoms. The number of nitrogens with zero attached hydrogens (tertiary/aromatic N) is 1. The van der Waals surface area contributed by atoms with Crippen LogP contribution in [0.25, 0.3) is 0 Å². The zero-order valence-electron chi connectivity index (χ0n) is 11.0. The van der Waals surface area contributed by atoms with Gasteiger partial charge >= 0.3 is 6.18 Å². The normalized spacial score (nSPS) is 11.2. The summed E-state index contributed by atoms with van der Waals surface area (Å²) in [5.41, 5.74) is 5.22. The summed E-state index contributed by atoms with van der Waals surface area (Å²) < 4.78 is 38.0. The number of carbonyl (C=O) groups excluding carboxylic acids is 1. The van der Waals surface area contributed by atoms with E-state index in [1.54, 1.807) is 19.1 Å². The minimum Gasteiger partial charge on any atom is -0.398 e. The van der Waals surface area contributed by atoms with Gasteiger partial charge in [-0.15, -0.1) is 0 Å². The molecule has 0 radical (unpaired) electrons. The van der Waals surface area contributed by atoms with E-state index in [4.69, 9.17) is 5.73 Å². The molecule has 4 nitrogen and oxygen atoms in total. The molecule has 0 saturated carbocycles. The largest absolute Gasteiger partial charge is 0.416 e. The van der Waals surface area contributed by atoms with E-state index in [9.17, 15) is 18.0 Å². The van der Waals surface area contributed by atoms with Crippen molar-refractivity contribution in [2.75, 3.05) is 11.1 Å². The van der Waals surface area contributed by atoms with Crippen molar-refractivity contribution < 1.29 is 18.0 Å². The van der Waals surface area contributed by atoms with Crippen LogP contribution in [0.2, 0.25) is 0 Å². The van der Waals surface area contributed by atoms with Crippen molar-refractivity contribution in [3.63, 3.8) is 0 Å². The summed E-state index contributed by atoms with van der Waals surface area (Å²) in [5.74, 6) is -0.492. The third-order valence-corrected chi connectivity index (χ3v) is 2.78.